The van der Waals surface area contributed by atoms with Crippen molar-refractivity contribution in [2.45, 2.75) is 24.9 Å². The zero-order valence-electron chi connectivity index (χ0n) is 19.5. The van der Waals surface area contributed by atoms with Crippen LogP contribution in [0.4, 0.5) is 5.69 Å². The molecule has 2 aromatic rings. The minimum absolute atomic E-state index is 0.0440. The molecule has 2 amide bonds. The molecular formula is C25H28N2O6S. The lowest BCUT2D eigenvalue weighted by atomic mass is 9.78. The van der Waals surface area contributed by atoms with Crippen molar-refractivity contribution >= 4 is 35.2 Å². The van der Waals surface area contributed by atoms with Gasteiger partial charge in [-0.05, 0) is 55.2 Å². The zero-order chi connectivity index (χ0) is 24.6. The summed E-state index contributed by atoms with van der Waals surface area (Å²) in [6.07, 6.45) is 2.23. The molecule has 4 atom stereocenters. The molecule has 2 saturated heterocycles. The van der Waals surface area contributed by atoms with Crippen LogP contribution in [0.5, 0.6) is 11.5 Å². The maximum absolute atomic E-state index is 13.8. The second-order valence-corrected chi connectivity index (χ2v) is 9.60. The van der Waals surface area contributed by atoms with Crippen LogP contribution in [-0.4, -0.2) is 54.7 Å². The third-order valence-electron chi connectivity index (χ3n) is 6.76. The van der Waals surface area contributed by atoms with Crippen molar-refractivity contribution in [1.82, 2.24) is 5.32 Å². The molecule has 0 bridgehead atoms. The summed E-state index contributed by atoms with van der Waals surface area (Å²) >= 11 is 1.54. The number of hydrogen-bond acceptors (Lipinski definition) is 8. The minimum Gasteiger partial charge on any atom is -0.504 e. The lowest BCUT2D eigenvalue weighted by Crippen LogP contribution is -2.56. The number of benzene rings is 2. The molecule has 0 saturated carbocycles. The van der Waals surface area contributed by atoms with Gasteiger partial charge in [-0.3, -0.25) is 19.7 Å². The molecule has 9 heteroatoms. The van der Waals surface area contributed by atoms with Crippen molar-refractivity contribution in [3.8, 4) is 11.5 Å². The van der Waals surface area contributed by atoms with E-state index in [-0.39, 0.29) is 17.4 Å². The van der Waals surface area contributed by atoms with Gasteiger partial charge in [-0.15, -0.1) is 0 Å². The van der Waals surface area contributed by atoms with E-state index in [1.54, 1.807) is 36.0 Å². The first kappa shape index (κ1) is 24.1. The number of ether oxygens (including phenoxy) is 2. The van der Waals surface area contributed by atoms with Crippen LogP contribution < -0.4 is 15.0 Å². The second kappa shape index (κ2) is 9.31. The Morgan fingerprint density at radius 3 is 2.47 bits per heavy atom. The smallest absolute Gasteiger partial charge is 0.326 e. The molecule has 0 spiro atoms. The Morgan fingerprint density at radius 2 is 1.85 bits per heavy atom. The molecule has 2 aliphatic heterocycles. The highest BCUT2D eigenvalue weighted by Crippen LogP contribution is 2.52. The van der Waals surface area contributed by atoms with Crippen molar-refractivity contribution in [1.29, 1.82) is 0 Å². The van der Waals surface area contributed by atoms with Crippen LogP contribution in [-0.2, 0) is 19.1 Å². The van der Waals surface area contributed by atoms with Crippen molar-refractivity contribution in [3.63, 3.8) is 0 Å². The number of methoxy groups -OCH3 is 2. The Bertz CT molecular complexity index is 1120. The molecule has 2 heterocycles. The zero-order valence-corrected chi connectivity index (χ0v) is 20.3. The van der Waals surface area contributed by atoms with E-state index in [0.29, 0.717) is 23.4 Å². The standard InChI is InChI=1S/C25H28N2O6S/c1-14-5-8-16(9-6-14)27-22(29)19-20(23(27)30)25(11-12-34-4,24(31)33-3)26-21(19)15-7-10-17(28)18(13-15)32-2/h5-10,13,19-21,26,28H,11-12H2,1-4H3/t19-,20+,21+,25+/m0/s1. The van der Waals surface area contributed by atoms with Gasteiger partial charge in [0.1, 0.15) is 5.54 Å². The molecular weight excluding hydrogens is 456 g/mol. The van der Waals surface area contributed by atoms with Crippen LogP contribution in [0.1, 0.15) is 23.6 Å². The van der Waals surface area contributed by atoms with E-state index < -0.39 is 35.3 Å². The van der Waals surface area contributed by atoms with Gasteiger partial charge >= 0.3 is 5.97 Å². The number of rotatable bonds is 7. The van der Waals surface area contributed by atoms with Crippen LogP contribution in [0.2, 0.25) is 0 Å². The quantitative estimate of drug-likeness (QED) is 0.457. The monoisotopic (exact) mass is 484 g/mol. The molecule has 8 nitrogen and oxygen atoms in total. The summed E-state index contributed by atoms with van der Waals surface area (Å²) in [5.74, 6) is -2.36. The third kappa shape index (κ3) is 3.73. The number of nitrogens with zero attached hydrogens (tertiary/aromatic N) is 1. The molecule has 2 fully saturated rings. The fourth-order valence-electron chi connectivity index (χ4n) is 5.09. The fraction of sp³-hybridized carbons (Fsp3) is 0.400. The van der Waals surface area contributed by atoms with Gasteiger partial charge in [0.05, 0.1) is 31.7 Å². The molecule has 0 radical (unpaired) electrons. The number of fused-ring (bicyclic) bond motifs is 1. The van der Waals surface area contributed by atoms with Crippen LogP contribution >= 0.6 is 11.8 Å². The lowest BCUT2D eigenvalue weighted by molar-refractivity contribution is -0.152. The Balaban J connectivity index is 1.87. The van der Waals surface area contributed by atoms with E-state index in [0.717, 1.165) is 5.56 Å². The summed E-state index contributed by atoms with van der Waals surface area (Å²) < 4.78 is 10.4. The number of carbonyl (C=O) groups is 3. The fourth-order valence-corrected chi connectivity index (χ4v) is 5.62. The first-order valence-corrected chi connectivity index (χ1v) is 12.3. The number of nitrogens with one attached hydrogen (secondary N) is 1. The number of carbonyl (C=O) groups excluding carboxylic acids is 3. The van der Waals surface area contributed by atoms with Gasteiger partial charge in [0.25, 0.3) is 0 Å². The highest BCUT2D eigenvalue weighted by molar-refractivity contribution is 7.98. The highest BCUT2D eigenvalue weighted by atomic mass is 32.2. The van der Waals surface area contributed by atoms with Crippen LogP contribution in [0.3, 0.4) is 0 Å². The maximum Gasteiger partial charge on any atom is 0.326 e. The Hall–Kier alpha value is -3.04. The maximum atomic E-state index is 13.8. The first-order valence-electron chi connectivity index (χ1n) is 11.0. The van der Waals surface area contributed by atoms with E-state index in [9.17, 15) is 19.5 Å². The van der Waals surface area contributed by atoms with Crippen LogP contribution in [0, 0.1) is 18.8 Å². The van der Waals surface area contributed by atoms with E-state index in [1.807, 2.05) is 25.3 Å². The topological polar surface area (TPSA) is 105 Å². The molecule has 4 rings (SSSR count). The summed E-state index contributed by atoms with van der Waals surface area (Å²) in [5, 5.41) is 13.4. The van der Waals surface area contributed by atoms with E-state index in [4.69, 9.17) is 9.47 Å². The number of esters is 1. The number of hydrogen-bond donors (Lipinski definition) is 2. The number of phenols is 1. The van der Waals surface area contributed by atoms with Crippen molar-refractivity contribution in [2.75, 3.05) is 31.1 Å². The number of aromatic hydroxyl groups is 1. The SMILES string of the molecule is COC(=O)[C@]1(CCSC)N[C@H](c2ccc(O)c(OC)c2)[C@H]2C(=O)N(c3ccc(C)cc3)C(=O)[C@@H]21. The summed E-state index contributed by atoms with van der Waals surface area (Å²) in [4.78, 5) is 42.0. The van der Waals surface area contributed by atoms with Crippen LogP contribution in [0.15, 0.2) is 42.5 Å². The molecule has 2 aromatic carbocycles. The summed E-state index contributed by atoms with van der Waals surface area (Å²) in [7, 11) is 2.72. The summed E-state index contributed by atoms with van der Waals surface area (Å²) in [5.41, 5.74) is 0.736. The summed E-state index contributed by atoms with van der Waals surface area (Å²) in [6, 6.07) is 11.3. The predicted octanol–water partition coefficient (Wildman–Crippen LogP) is 2.82. The number of thioether (sulfide) groups is 1. The Morgan fingerprint density at radius 1 is 1.15 bits per heavy atom. The lowest BCUT2D eigenvalue weighted by Gasteiger charge is -2.32. The van der Waals surface area contributed by atoms with Crippen molar-refractivity contribution in [2.24, 2.45) is 11.8 Å². The number of phenolic OH excluding ortho intramolecular Hbond substituents is 1. The van der Waals surface area contributed by atoms with E-state index >= 15 is 0 Å². The molecule has 2 N–H and O–H groups in total. The first-order chi connectivity index (χ1) is 16.3. The second-order valence-electron chi connectivity index (χ2n) is 8.61. The molecule has 0 aromatic heterocycles. The Labute approximate surface area is 202 Å². The van der Waals surface area contributed by atoms with Gasteiger partial charge in [0, 0.05) is 6.04 Å². The number of imide groups is 1. The van der Waals surface area contributed by atoms with Gasteiger partial charge in [0.2, 0.25) is 11.8 Å². The number of amides is 2. The van der Waals surface area contributed by atoms with Crippen molar-refractivity contribution < 1.29 is 29.0 Å². The Kier molecular flexibility index (Phi) is 6.60. The number of aryl methyl sites for hydroxylation is 1. The van der Waals surface area contributed by atoms with Crippen molar-refractivity contribution in [3.05, 3.63) is 53.6 Å². The van der Waals surface area contributed by atoms with E-state index in [1.165, 1.54) is 25.2 Å². The van der Waals surface area contributed by atoms with Crippen LogP contribution in [0.25, 0.3) is 0 Å². The summed E-state index contributed by atoms with van der Waals surface area (Å²) in [6.45, 7) is 1.93. The average molecular weight is 485 g/mol. The van der Waals surface area contributed by atoms with Gasteiger partial charge in [0.15, 0.2) is 11.5 Å². The predicted molar refractivity (Wildman–Crippen MR) is 129 cm³/mol. The minimum atomic E-state index is -1.37. The van der Waals surface area contributed by atoms with Gasteiger partial charge in [-0.2, -0.15) is 11.8 Å². The normalized spacial score (nSPS) is 26.0. The largest absolute Gasteiger partial charge is 0.504 e. The highest BCUT2D eigenvalue weighted by Gasteiger charge is 2.68. The van der Waals surface area contributed by atoms with Gasteiger partial charge in [-0.1, -0.05) is 23.8 Å². The number of anilines is 1. The molecule has 0 aliphatic carbocycles. The average Bonchev–Trinajstić information content (AvgIpc) is 3.32. The van der Waals surface area contributed by atoms with Gasteiger partial charge in [-0.25, -0.2) is 4.90 Å². The van der Waals surface area contributed by atoms with Gasteiger partial charge < -0.3 is 14.6 Å². The molecule has 180 valence electrons. The van der Waals surface area contributed by atoms with E-state index in [2.05, 4.69) is 5.32 Å². The molecule has 0 unspecified atom stereocenters. The molecule has 2 aliphatic rings. The molecule has 34 heavy (non-hydrogen) atoms. The third-order valence-corrected chi connectivity index (χ3v) is 7.37.